The first kappa shape index (κ1) is 21.3. The number of aliphatic hydroxyl groups is 1. The number of hydrogen-bond acceptors (Lipinski definition) is 5. The van der Waals surface area contributed by atoms with Crippen LogP contribution in [0.3, 0.4) is 0 Å². The highest BCUT2D eigenvalue weighted by Crippen LogP contribution is 2.36. The van der Waals surface area contributed by atoms with Crippen molar-refractivity contribution in [3.8, 4) is 5.75 Å². The van der Waals surface area contributed by atoms with Gasteiger partial charge in [-0.3, -0.25) is 9.78 Å². The normalized spacial score (nSPS) is 13.4. The Labute approximate surface area is 171 Å². The Morgan fingerprint density at radius 1 is 1.28 bits per heavy atom. The van der Waals surface area contributed by atoms with Crippen molar-refractivity contribution >= 4 is 21.7 Å². The molecule has 0 amide bonds. The lowest BCUT2D eigenvalue weighted by atomic mass is 9.93. The Morgan fingerprint density at radius 2 is 1.97 bits per heavy atom. The first-order chi connectivity index (χ1) is 13.5. The molecule has 6 nitrogen and oxygen atoms in total. The summed E-state index contributed by atoms with van der Waals surface area (Å²) < 4.78 is 7.66. The molecule has 0 radical (unpaired) electrons. The van der Waals surface area contributed by atoms with Crippen LogP contribution in [0, 0.1) is 12.8 Å². The first-order valence-electron chi connectivity index (χ1n) is 10.0. The molecule has 0 aliphatic rings. The maximum absolute atomic E-state index is 13.0. The lowest BCUT2D eigenvalue weighted by Gasteiger charge is -2.25. The molecule has 1 aromatic carbocycles. The van der Waals surface area contributed by atoms with Gasteiger partial charge in [0.2, 0.25) is 0 Å². The van der Waals surface area contributed by atoms with E-state index in [0.29, 0.717) is 34.9 Å². The van der Waals surface area contributed by atoms with Gasteiger partial charge in [0.1, 0.15) is 12.4 Å². The molecule has 3 rings (SSSR count). The monoisotopic (exact) mass is 397 g/mol. The molecule has 1 unspecified atom stereocenters. The molecule has 3 aromatic rings. The SMILES string of the molecule is Cc1nccc2c1c(=O)n(C)c1cc(OCC(N)CC(C)C)c(C(C)(C)O)cc21. The second kappa shape index (κ2) is 7.76. The largest absolute Gasteiger partial charge is 0.491 e. The van der Waals surface area contributed by atoms with Gasteiger partial charge in [0, 0.05) is 36.3 Å². The molecule has 0 spiro atoms. The number of nitrogens with two attached hydrogens (primary N) is 1. The van der Waals surface area contributed by atoms with Gasteiger partial charge >= 0.3 is 0 Å². The van der Waals surface area contributed by atoms with E-state index in [1.807, 2.05) is 25.1 Å². The zero-order valence-electron chi connectivity index (χ0n) is 18.1. The van der Waals surface area contributed by atoms with Crippen molar-refractivity contribution in [2.45, 2.75) is 52.7 Å². The van der Waals surface area contributed by atoms with Crippen LogP contribution in [0.15, 0.2) is 29.2 Å². The average Bonchev–Trinajstić information content (AvgIpc) is 2.62. The van der Waals surface area contributed by atoms with E-state index in [-0.39, 0.29) is 11.6 Å². The predicted octanol–water partition coefficient (Wildman–Crippen LogP) is 3.37. The van der Waals surface area contributed by atoms with Crippen LogP contribution in [0.1, 0.15) is 45.4 Å². The fourth-order valence-electron chi connectivity index (χ4n) is 3.87. The molecule has 156 valence electrons. The van der Waals surface area contributed by atoms with Gasteiger partial charge in [-0.25, -0.2) is 0 Å². The Hall–Kier alpha value is -2.44. The summed E-state index contributed by atoms with van der Waals surface area (Å²) in [6, 6.07) is 5.50. The van der Waals surface area contributed by atoms with Gasteiger partial charge in [-0.15, -0.1) is 0 Å². The van der Waals surface area contributed by atoms with E-state index in [2.05, 4.69) is 18.8 Å². The highest BCUT2D eigenvalue weighted by Gasteiger charge is 2.24. The minimum absolute atomic E-state index is 0.100. The molecule has 0 bridgehead atoms. The summed E-state index contributed by atoms with van der Waals surface area (Å²) in [4.78, 5) is 17.2. The maximum atomic E-state index is 13.0. The highest BCUT2D eigenvalue weighted by atomic mass is 16.5. The smallest absolute Gasteiger partial charge is 0.260 e. The lowest BCUT2D eigenvalue weighted by molar-refractivity contribution is 0.0745. The number of aryl methyl sites for hydroxylation is 2. The molecule has 0 saturated heterocycles. The Morgan fingerprint density at radius 3 is 2.59 bits per heavy atom. The number of ether oxygens (including phenoxy) is 1. The van der Waals surface area contributed by atoms with Gasteiger partial charge in [0.15, 0.2) is 0 Å². The third kappa shape index (κ3) is 4.14. The van der Waals surface area contributed by atoms with E-state index in [9.17, 15) is 9.90 Å². The second-order valence-corrected chi connectivity index (χ2v) is 8.81. The lowest BCUT2D eigenvalue weighted by Crippen LogP contribution is -2.30. The molecule has 6 heteroatoms. The average molecular weight is 398 g/mol. The van der Waals surface area contributed by atoms with Crippen molar-refractivity contribution in [3.63, 3.8) is 0 Å². The van der Waals surface area contributed by atoms with Crippen molar-refractivity contribution in [1.82, 2.24) is 9.55 Å². The van der Waals surface area contributed by atoms with Crippen molar-refractivity contribution in [2.75, 3.05) is 6.61 Å². The van der Waals surface area contributed by atoms with E-state index in [1.165, 1.54) is 0 Å². The molecule has 0 fully saturated rings. The summed E-state index contributed by atoms with van der Waals surface area (Å²) in [6.45, 7) is 9.88. The van der Waals surface area contributed by atoms with Crippen LogP contribution in [0.2, 0.25) is 0 Å². The quantitative estimate of drug-likeness (QED) is 0.623. The minimum Gasteiger partial charge on any atom is -0.491 e. The van der Waals surface area contributed by atoms with Gasteiger partial charge in [0.05, 0.1) is 22.2 Å². The Kier molecular flexibility index (Phi) is 5.70. The number of fused-ring (bicyclic) bond motifs is 3. The van der Waals surface area contributed by atoms with E-state index < -0.39 is 5.60 Å². The van der Waals surface area contributed by atoms with Crippen LogP contribution < -0.4 is 16.0 Å². The van der Waals surface area contributed by atoms with E-state index in [0.717, 1.165) is 22.7 Å². The van der Waals surface area contributed by atoms with Crippen LogP contribution in [0.4, 0.5) is 0 Å². The van der Waals surface area contributed by atoms with Crippen LogP contribution in [-0.4, -0.2) is 27.3 Å². The molecular formula is C23H31N3O3. The van der Waals surface area contributed by atoms with Crippen LogP contribution >= 0.6 is 0 Å². The van der Waals surface area contributed by atoms with E-state index >= 15 is 0 Å². The van der Waals surface area contributed by atoms with Crippen LogP contribution in [0.5, 0.6) is 5.75 Å². The summed E-state index contributed by atoms with van der Waals surface area (Å²) in [7, 11) is 1.74. The zero-order valence-corrected chi connectivity index (χ0v) is 18.1. The Bertz CT molecular complexity index is 1110. The third-order valence-corrected chi connectivity index (χ3v) is 5.29. The molecular weight excluding hydrogens is 366 g/mol. The number of rotatable bonds is 6. The molecule has 1 atom stereocenters. The van der Waals surface area contributed by atoms with Crippen LogP contribution in [0.25, 0.3) is 21.7 Å². The molecule has 0 aliphatic heterocycles. The van der Waals surface area contributed by atoms with Gasteiger partial charge in [-0.2, -0.15) is 0 Å². The third-order valence-electron chi connectivity index (χ3n) is 5.29. The molecule has 2 aromatic heterocycles. The molecule has 0 saturated carbocycles. The molecule has 29 heavy (non-hydrogen) atoms. The molecule has 3 N–H and O–H groups in total. The van der Waals surface area contributed by atoms with E-state index in [1.54, 1.807) is 31.7 Å². The fraction of sp³-hybridized carbons (Fsp3) is 0.478. The summed E-state index contributed by atoms with van der Waals surface area (Å²) in [5.41, 5.74) is 7.07. The van der Waals surface area contributed by atoms with Crippen molar-refractivity contribution in [3.05, 3.63) is 46.0 Å². The number of pyridine rings is 2. The standard InChI is InChI=1S/C23H31N3O3/c1-13(2)9-15(24)12-29-20-11-19-17(10-18(20)23(4,5)28)16-7-8-25-14(3)21(16)22(27)26(19)6/h7-8,10-11,13,15,28H,9,12,24H2,1-6H3. The van der Waals surface area contributed by atoms with E-state index in [4.69, 9.17) is 10.5 Å². The van der Waals surface area contributed by atoms with Gasteiger partial charge in [0.25, 0.3) is 5.56 Å². The summed E-state index contributed by atoms with van der Waals surface area (Å²) in [5.74, 6) is 1.02. The highest BCUT2D eigenvalue weighted by molar-refractivity contribution is 6.07. The number of aromatic nitrogens is 2. The maximum Gasteiger partial charge on any atom is 0.260 e. The number of benzene rings is 1. The molecule has 0 aliphatic carbocycles. The van der Waals surface area contributed by atoms with Gasteiger partial charge in [-0.1, -0.05) is 13.8 Å². The predicted molar refractivity (Wildman–Crippen MR) is 117 cm³/mol. The zero-order chi connectivity index (χ0) is 21.5. The van der Waals surface area contributed by atoms with Gasteiger partial charge in [-0.05, 0) is 50.6 Å². The minimum atomic E-state index is -1.12. The summed E-state index contributed by atoms with van der Waals surface area (Å²) >= 11 is 0. The van der Waals surface area contributed by atoms with Crippen molar-refractivity contribution < 1.29 is 9.84 Å². The summed E-state index contributed by atoms with van der Waals surface area (Å²) in [6.07, 6.45) is 2.55. The number of hydrogen-bond donors (Lipinski definition) is 2. The molecule has 2 heterocycles. The number of nitrogens with zero attached hydrogens (tertiary/aromatic N) is 2. The summed E-state index contributed by atoms with van der Waals surface area (Å²) in [5, 5.41) is 13.1. The van der Waals surface area contributed by atoms with Crippen molar-refractivity contribution in [2.24, 2.45) is 18.7 Å². The van der Waals surface area contributed by atoms with Gasteiger partial charge < -0.3 is 20.1 Å². The fourth-order valence-corrected chi connectivity index (χ4v) is 3.87. The van der Waals surface area contributed by atoms with Crippen LogP contribution in [-0.2, 0) is 12.6 Å². The van der Waals surface area contributed by atoms with Crippen molar-refractivity contribution in [1.29, 1.82) is 0 Å². The topological polar surface area (TPSA) is 90.4 Å². The first-order valence-corrected chi connectivity index (χ1v) is 10.0. The second-order valence-electron chi connectivity index (χ2n) is 8.81. The Balaban J connectivity index is 2.23.